The molecule has 6 heteroatoms. The molecule has 1 aromatic heterocycles. The van der Waals surface area contributed by atoms with Gasteiger partial charge in [0.15, 0.2) is 0 Å². The molecule has 1 amide bonds. The van der Waals surface area contributed by atoms with Gasteiger partial charge in [0, 0.05) is 23.9 Å². The molecular formula is C14H16N2O3S. The fourth-order valence-corrected chi connectivity index (χ4v) is 2.45. The third-order valence-electron chi connectivity index (χ3n) is 2.60. The summed E-state index contributed by atoms with van der Waals surface area (Å²) in [4.78, 5) is 15.6. The van der Waals surface area contributed by atoms with Crippen molar-refractivity contribution in [1.82, 2.24) is 10.3 Å². The highest BCUT2D eigenvalue weighted by atomic mass is 32.1. The van der Waals surface area contributed by atoms with Gasteiger partial charge in [0.05, 0.1) is 17.3 Å². The third-order valence-corrected chi connectivity index (χ3v) is 3.51. The number of alkyl carbamates (subject to hydrolysis) is 1. The highest BCUT2D eigenvalue weighted by Crippen LogP contribution is 2.23. The molecule has 1 heterocycles. The van der Waals surface area contributed by atoms with Gasteiger partial charge in [0.2, 0.25) is 0 Å². The van der Waals surface area contributed by atoms with Crippen molar-refractivity contribution in [3.63, 3.8) is 0 Å². The summed E-state index contributed by atoms with van der Waals surface area (Å²) in [5.74, 6) is 0.239. The average molecular weight is 292 g/mol. The first kappa shape index (κ1) is 14.3. The molecule has 2 rings (SSSR count). The largest absolute Gasteiger partial charge is 0.508 e. The summed E-state index contributed by atoms with van der Waals surface area (Å²) in [5, 5.41) is 14.8. The zero-order chi connectivity index (χ0) is 14.4. The van der Waals surface area contributed by atoms with Crippen molar-refractivity contribution in [1.29, 1.82) is 0 Å². The van der Waals surface area contributed by atoms with E-state index in [2.05, 4.69) is 10.3 Å². The van der Waals surface area contributed by atoms with E-state index >= 15 is 0 Å². The Hall–Kier alpha value is -2.08. The van der Waals surface area contributed by atoms with Crippen LogP contribution in [0, 0.1) is 0 Å². The molecule has 0 bridgehead atoms. The number of hydrogen-bond donors (Lipinski definition) is 2. The van der Waals surface area contributed by atoms with Crippen LogP contribution >= 0.6 is 11.3 Å². The number of rotatable bonds is 5. The average Bonchev–Trinajstić information content (AvgIpc) is 2.89. The lowest BCUT2D eigenvalue weighted by Crippen LogP contribution is -2.26. The molecule has 2 aromatic rings. The Labute approximate surface area is 121 Å². The van der Waals surface area contributed by atoms with Crippen LogP contribution in [0.15, 0.2) is 29.6 Å². The molecular weight excluding hydrogens is 276 g/mol. The van der Waals surface area contributed by atoms with Crippen LogP contribution in [0.2, 0.25) is 0 Å². The van der Waals surface area contributed by atoms with E-state index in [1.807, 2.05) is 17.5 Å². The number of benzene rings is 1. The van der Waals surface area contributed by atoms with Crippen molar-refractivity contribution < 1.29 is 14.6 Å². The standard InChI is InChI=1S/C14H16N2O3S/c1-2-19-14(18)15-8-7-13-16-12(9-20-13)10-3-5-11(17)6-4-10/h3-6,9,17H,2,7-8H2,1H3,(H,15,18). The van der Waals surface area contributed by atoms with Crippen molar-refractivity contribution in [2.24, 2.45) is 0 Å². The number of hydrogen-bond acceptors (Lipinski definition) is 5. The van der Waals surface area contributed by atoms with E-state index in [1.165, 1.54) is 0 Å². The van der Waals surface area contributed by atoms with Crippen molar-refractivity contribution >= 4 is 17.4 Å². The van der Waals surface area contributed by atoms with Crippen LogP contribution < -0.4 is 5.32 Å². The predicted octanol–water partition coefficient (Wildman–Crippen LogP) is 2.80. The van der Waals surface area contributed by atoms with Crippen molar-refractivity contribution in [3.05, 3.63) is 34.7 Å². The second-order valence-corrected chi connectivity index (χ2v) is 5.01. The van der Waals surface area contributed by atoms with Crippen LogP contribution in [0.1, 0.15) is 11.9 Å². The number of thiazole rings is 1. The molecule has 5 nitrogen and oxygen atoms in total. The number of phenolic OH excluding ortho intramolecular Hbond substituents is 1. The number of carbonyl (C=O) groups excluding carboxylic acids is 1. The minimum atomic E-state index is -0.400. The number of ether oxygens (including phenoxy) is 1. The van der Waals surface area contributed by atoms with E-state index in [9.17, 15) is 9.90 Å². The third kappa shape index (κ3) is 3.96. The SMILES string of the molecule is CCOC(=O)NCCc1nc(-c2ccc(O)cc2)cs1. The van der Waals surface area contributed by atoms with Crippen LogP contribution in [0.3, 0.4) is 0 Å². The topological polar surface area (TPSA) is 71.5 Å². The molecule has 0 radical (unpaired) electrons. The van der Waals surface area contributed by atoms with E-state index in [0.717, 1.165) is 16.3 Å². The van der Waals surface area contributed by atoms with E-state index in [0.29, 0.717) is 19.6 Å². The molecule has 1 aromatic carbocycles. The Balaban J connectivity index is 1.89. The molecule has 0 saturated carbocycles. The molecule has 0 aliphatic carbocycles. The first-order valence-corrected chi connectivity index (χ1v) is 7.21. The molecule has 0 aliphatic rings. The Kier molecular flexibility index (Phi) is 4.95. The normalized spacial score (nSPS) is 10.2. The van der Waals surface area contributed by atoms with E-state index in [-0.39, 0.29) is 5.75 Å². The van der Waals surface area contributed by atoms with Gasteiger partial charge < -0.3 is 15.2 Å². The summed E-state index contributed by atoms with van der Waals surface area (Å²) in [5.41, 5.74) is 1.84. The maximum Gasteiger partial charge on any atom is 0.407 e. The summed E-state index contributed by atoms with van der Waals surface area (Å²) < 4.78 is 4.77. The smallest absolute Gasteiger partial charge is 0.407 e. The van der Waals surface area contributed by atoms with Crippen molar-refractivity contribution in [3.8, 4) is 17.0 Å². The lowest BCUT2D eigenvalue weighted by Gasteiger charge is -2.03. The van der Waals surface area contributed by atoms with Gasteiger partial charge in [-0.15, -0.1) is 11.3 Å². The first-order chi connectivity index (χ1) is 9.69. The van der Waals surface area contributed by atoms with Gasteiger partial charge in [0.25, 0.3) is 0 Å². The van der Waals surface area contributed by atoms with Crippen molar-refractivity contribution in [2.75, 3.05) is 13.2 Å². The number of amides is 1. The molecule has 0 atom stereocenters. The summed E-state index contributed by atoms with van der Waals surface area (Å²) in [6, 6.07) is 6.92. The van der Waals surface area contributed by atoms with Gasteiger partial charge in [-0.2, -0.15) is 0 Å². The Morgan fingerprint density at radius 1 is 1.40 bits per heavy atom. The number of nitrogens with one attached hydrogen (secondary N) is 1. The van der Waals surface area contributed by atoms with E-state index in [4.69, 9.17) is 4.74 Å². The zero-order valence-corrected chi connectivity index (χ0v) is 11.9. The molecule has 0 fully saturated rings. The van der Waals surface area contributed by atoms with Gasteiger partial charge in [0.1, 0.15) is 5.75 Å². The van der Waals surface area contributed by atoms with Gasteiger partial charge in [-0.25, -0.2) is 9.78 Å². The first-order valence-electron chi connectivity index (χ1n) is 6.33. The molecule has 0 unspecified atom stereocenters. The fourth-order valence-electron chi connectivity index (χ4n) is 1.64. The summed E-state index contributed by atoms with van der Waals surface area (Å²) in [7, 11) is 0. The number of phenols is 1. The summed E-state index contributed by atoms with van der Waals surface area (Å²) >= 11 is 1.55. The second-order valence-electron chi connectivity index (χ2n) is 4.07. The molecule has 0 aliphatic heterocycles. The minimum absolute atomic E-state index is 0.239. The van der Waals surface area contributed by atoms with E-state index < -0.39 is 6.09 Å². The zero-order valence-electron chi connectivity index (χ0n) is 11.1. The summed E-state index contributed by atoms with van der Waals surface area (Å²) in [6.45, 7) is 2.64. The Morgan fingerprint density at radius 2 is 2.15 bits per heavy atom. The molecule has 0 spiro atoms. The molecule has 20 heavy (non-hydrogen) atoms. The van der Waals surface area contributed by atoms with Gasteiger partial charge in [-0.1, -0.05) is 0 Å². The second kappa shape index (κ2) is 6.91. The fraction of sp³-hybridized carbons (Fsp3) is 0.286. The predicted molar refractivity (Wildman–Crippen MR) is 77.9 cm³/mol. The number of aromatic hydroxyl groups is 1. The van der Waals surface area contributed by atoms with Gasteiger partial charge >= 0.3 is 6.09 Å². The lowest BCUT2D eigenvalue weighted by atomic mass is 10.2. The molecule has 0 saturated heterocycles. The molecule has 2 N–H and O–H groups in total. The summed E-state index contributed by atoms with van der Waals surface area (Å²) in [6.07, 6.45) is 0.268. The van der Waals surface area contributed by atoms with Crippen LogP contribution in [0.5, 0.6) is 5.75 Å². The van der Waals surface area contributed by atoms with Crippen LogP contribution in [-0.4, -0.2) is 29.3 Å². The molecule has 106 valence electrons. The minimum Gasteiger partial charge on any atom is -0.508 e. The number of nitrogens with zero attached hydrogens (tertiary/aromatic N) is 1. The van der Waals surface area contributed by atoms with Crippen LogP contribution in [0.25, 0.3) is 11.3 Å². The Morgan fingerprint density at radius 3 is 2.85 bits per heavy atom. The van der Waals surface area contributed by atoms with Gasteiger partial charge in [-0.3, -0.25) is 0 Å². The number of aromatic nitrogens is 1. The maximum absolute atomic E-state index is 11.1. The lowest BCUT2D eigenvalue weighted by molar-refractivity contribution is 0.152. The van der Waals surface area contributed by atoms with Crippen molar-refractivity contribution in [2.45, 2.75) is 13.3 Å². The number of carbonyl (C=O) groups is 1. The van der Waals surface area contributed by atoms with Gasteiger partial charge in [-0.05, 0) is 31.2 Å². The maximum atomic E-state index is 11.1. The highest BCUT2D eigenvalue weighted by Gasteiger charge is 2.06. The quantitative estimate of drug-likeness (QED) is 0.889. The van der Waals surface area contributed by atoms with Crippen LogP contribution in [-0.2, 0) is 11.2 Å². The van der Waals surface area contributed by atoms with Crippen LogP contribution in [0.4, 0.5) is 4.79 Å². The Bertz CT molecular complexity index is 566. The monoisotopic (exact) mass is 292 g/mol. The highest BCUT2D eigenvalue weighted by molar-refractivity contribution is 7.09. The van der Waals surface area contributed by atoms with E-state index in [1.54, 1.807) is 30.4 Å².